The van der Waals surface area contributed by atoms with Gasteiger partial charge in [0.15, 0.2) is 5.43 Å². The van der Waals surface area contributed by atoms with Crippen LogP contribution in [0, 0.1) is 0 Å². The van der Waals surface area contributed by atoms with E-state index in [9.17, 15) is 9.59 Å². The zero-order valence-corrected chi connectivity index (χ0v) is 6.87. The van der Waals surface area contributed by atoms with Gasteiger partial charge in [-0.3, -0.25) is 9.59 Å². The van der Waals surface area contributed by atoms with Crippen molar-refractivity contribution in [2.75, 3.05) is 0 Å². The van der Waals surface area contributed by atoms with Gasteiger partial charge in [0, 0.05) is 16.2 Å². The van der Waals surface area contributed by atoms with Gasteiger partial charge in [0.2, 0.25) is 11.6 Å². The number of ketones is 1. The molecule has 0 N–H and O–H groups in total. The molecule has 0 atom stereocenters. The first-order valence-corrected chi connectivity index (χ1v) is 4.21. The highest BCUT2D eigenvalue weighted by atomic mass is 16.1. The van der Waals surface area contributed by atoms with Crippen LogP contribution >= 0.6 is 0 Å². The minimum absolute atomic E-state index is 0.0206. The zero-order chi connectivity index (χ0) is 9.45. The molecule has 64 valence electrons. The molecule has 3 aromatic rings. The highest BCUT2D eigenvalue weighted by molar-refractivity contribution is 6.27. The fraction of sp³-hybridized carbons (Fsp3) is 0. The molecule has 2 aliphatic heterocycles. The zero-order valence-electron chi connectivity index (χ0n) is 6.87. The topological polar surface area (TPSA) is 59.9 Å². The molecular formula is C10H2N2O2. The summed E-state index contributed by atoms with van der Waals surface area (Å²) in [6.45, 7) is 0. The van der Waals surface area contributed by atoms with Crippen molar-refractivity contribution in [1.29, 1.82) is 0 Å². The molecule has 3 heterocycles. The molecule has 2 aromatic carbocycles. The van der Waals surface area contributed by atoms with Gasteiger partial charge in [-0.15, -0.1) is 0 Å². The standard InChI is InChI=1S/C10H2N2O2/c13-8-3-1-2-4-6(5(3)8)7-9(14)10(11-4)12-7/h1-2H. The van der Waals surface area contributed by atoms with Crippen LogP contribution < -0.4 is 5.43 Å². The second-order valence-electron chi connectivity index (χ2n) is 3.44. The molecule has 0 radical (unpaired) electrons. The molecule has 0 unspecified atom stereocenters. The minimum atomic E-state index is -0.134. The Kier molecular flexibility index (Phi) is 0.724. The van der Waals surface area contributed by atoms with Gasteiger partial charge in [-0.2, -0.15) is 0 Å². The lowest BCUT2D eigenvalue weighted by Crippen LogP contribution is -2.21. The third-order valence-electron chi connectivity index (χ3n) is 2.69. The van der Waals surface area contributed by atoms with Crippen molar-refractivity contribution in [3.63, 3.8) is 0 Å². The number of nitrogens with zero attached hydrogens (tertiary/aromatic N) is 2. The first-order valence-electron chi connectivity index (χ1n) is 4.21. The molecule has 0 fully saturated rings. The lowest BCUT2D eigenvalue weighted by atomic mass is 10.0. The first kappa shape index (κ1) is 6.37. The maximum atomic E-state index is 11.3. The maximum Gasteiger partial charge on any atom is 0.249 e. The number of carbonyl (C=O) groups excluding carboxylic acids is 1. The van der Waals surface area contributed by atoms with Crippen molar-refractivity contribution in [1.82, 2.24) is 9.97 Å². The van der Waals surface area contributed by atoms with Gasteiger partial charge in [0.05, 0.1) is 5.52 Å². The minimum Gasteiger partial charge on any atom is -0.289 e. The maximum absolute atomic E-state index is 11.3. The molecule has 0 saturated carbocycles. The summed E-state index contributed by atoms with van der Waals surface area (Å²) in [4.78, 5) is 30.6. The lowest BCUT2D eigenvalue weighted by Gasteiger charge is -2.12. The van der Waals surface area contributed by atoms with Crippen LogP contribution in [0.4, 0.5) is 0 Å². The number of benzene rings is 1. The van der Waals surface area contributed by atoms with Gasteiger partial charge in [-0.1, -0.05) is 0 Å². The summed E-state index contributed by atoms with van der Waals surface area (Å²) < 4.78 is 0. The van der Waals surface area contributed by atoms with Crippen LogP contribution in [0.15, 0.2) is 16.9 Å². The van der Waals surface area contributed by atoms with E-state index in [1.807, 2.05) is 0 Å². The summed E-state index contributed by atoms with van der Waals surface area (Å²) in [6.07, 6.45) is 0. The van der Waals surface area contributed by atoms with Crippen molar-refractivity contribution in [3.05, 3.63) is 33.9 Å². The molecule has 0 aliphatic carbocycles. The summed E-state index contributed by atoms with van der Waals surface area (Å²) in [6, 6.07) is 3.51. The normalized spacial score (nSPS) is 14.1. The highest BCUT2D eigenvalue weighted by Crippen LogP contribution is 2.32. The van der Waals surface area contributed by atoms with Crippen molar-refractivity contribution in [2.45, 2.75) is 0 Å². The van der Waals surface area contributed by atoms with E-state index in [-0.39, 0.29) is 17.0 Å². The molecule has 2 bridgehead atoms. The van der Waals surface area contributed by atoms with Gasteiger partial charge >= 0.3 is 0 Å². The predicted molar refractivity (Wildman–Crippen MR) is 49.1 cm³/mol. The predicted octanol–water partition coefficient (Wildman–Crippen LogP) is 0.563. The second kappa shape index (κ2) is 1.59. The van der Waals surface area contributed by atoms with Gasteiger partial charge < -0.3 is 0 Å². The van der Waals surface area contributed by atoms with Crippen molar-refractivity contribution in [3.8, 4) is 0 Å². The average molecular weight is 182 g/mol. The summed E-state index contributed by atoms with van der Waals surface area (Å²) in [5.74, 6) is 0.131. The summed E-state index contributed by atoms with van der Waals surface area (Å²) in [5, 5.41) is 1.98. The van der Waals surface area contributed by atoms with Crippen molar-refractivity contribution < 1.29 is 4.79 Å². The van der Waals surface area contributed by atoms with Crippen LogP contribution in [0.5, 0.6) is 0 Å². The van der Waals surface area contributed by atoms with E-state index < -0.39 is 0 Å². The van der Waals surface area contributed by atoms with E-state index in [0.717, 1.165) is 0 Å². The SMILES string of the molecule is O=C1c2nc1c1c(ccc3c(=O)c31)n2. The van der Waals surface area contributed by atoms with Crippen molar-refractivity contribution in [2.24, 2.45) is 0 Å². The summed E-state index contributed by atoms with van der Waals surface area (Å²) in [7, 11) is 0. The smallest absolute Gasteiger partial charge is 0.249 e. The quantitative estimate of drug-likeness (QED) is 0.398. The molecular weight excluding hydrogens is 180 g/mol. The van der Waals surface area contributed by atoms with Gasteiger partial charge in [-0.05, 0) is 12.1 Å². The number of aromatic nitrogens is 2. The molecule has 0 amide bonds. The highest BCUT2D eigenvalue weighted by Gasteiger charge is 2.32. The van der Waals surface area contributed by atoms with Crippen LogP contribution in [0.1, 0.15) is 16.3 Å². The molecule has 1 aromatic heterocycles. The molecule has 5 rings (SSSR count). The summed E-state index contributed by atoms with van der Waals surface area (Å²) >= 11 is 0. The van der Waals surface area contributed by atoms with E-state index in [0.29, 0.717) is 27.4 Å². The van der Waals surface area contributed by atoms with E-state index in [2.05, 4.69) is 9.97 Å². The Morgan fingerprint density at radius 3 is 2.64 bits per heavy atom. The van der Waals surface area contributed by atoms with Crippen molar-refractivity contribution >= 4 is 27.5 Å². The number of carbonyl (C=O) groups is 1. The Balaban J connectivity index is 2.41. The van der Waals surface area contributed by atoms with E-state index in [1.54, 1.807) is 12.1 Å². The van der Waals surface area contributed by atoms with Crippen LogP contribution in [0.25, 0.3) is 21.7 Å². The van der Waals surface area contributed by atoms with Gasteiger partial charge in [0.25, 0.3) is 0 Å². The molecule has 0 saturated heterocycles. The number of rotatable bonds is 0. The van der Waals surface area contributed by atoms with Crippen LogP contribution in [0.3, 0.4) is 0 Å². The van der Waals surface area contributed by atoms with Gasteiger partial charge in [0.1, 0.15) is 5.69 Å². The fourth-order valence-electron chi connectivity index (χ4n) is 1.92. The summed E-state index contributed by atoms with van der Waals surface area (Å²) in [5.41, 5.74) is 1.13. The largest absolute Gasteiger partial charge is 0.289 e. The average Bonchev–Trinajstić information content (AvgIpc) is 2.88. The Morgan fingerprint density at radius 1 is 1.00 bits per heavy atom. The van der Waals surface area contributed by atoms with Crippen LogP contribution in [-0.2, 0) is 0 Å². The first-order chi connectivity index (χ1) is 6.77. The van der Waals surface area contributed by atoms with E-state index in [1.165, 1.54) is 0 Å². The Bertz CT molecular complexity index is 763. The molecule has 4 heteroatoms. The van der Waals surface area contributed by atoms with Gasteiger partial charge in [-0.25, -0.2) is 9.97 Å². The van der Waals surface area contributed by atoms with E-state index >= 15 is 0 Å². The molecule has 14 heavy (non-hydrogen) atoms. The van der Waals surface area contributed by atoms with Crippen LogP contribution in [-0.4, -0.2) is 15.8 Å². The molecule has 0 spiro atoms. The molecule has 4 nitrogen and oxygen atoms in total. The number of fused-ring (bicyclic) bond motifs is 1. The third-order valence-corrected chi connectivity index (χ3v) is 2.69. The number of hydrogen-bond donors (Lipinski definition) is 0. The van der Waals surface area contributed by atoms with E-state index in [4.69, 9.17) is 0 Å². The third kappa shape index (κ3) is 0.469. The lowest BCUT2D eigenvalue weighted by molar-refractivity contribution is 0.0999. The fourth-order valence-corrected chi connectivity index (χ4v) is 1.92. The van der Waals surface area contributed by atoms with Crippen LogP contribution in [0.2, 0.25) is 0 Å². The monoisotopic (exact) mass is 182 g/mol. The Hall–Kier alpha value is -2.10. The Morgan fingerprint density at radius 2 is 1.86 bits per heavy atom. The number of hydrogen-bond acceptors (Lipinski definition) is 4. The second-order valence-corrected chi connectivity index (χ2v) is 3.44. The Labute approximate surface area is 76.9 Å². The molecule has 2 aliphatic rings.